The first-order chi connectivity index (χ1) is 7.34. The Morgan fingerprint density at radius 2 is 1.81 bits per heavy atom. The van der Waals surface area contributed by atoms with Crippen LogP contribution in [-0.2, 0) is 11.3 Å². The third-order valence-electron chi connectivity index (χ3n) is 2.83. The van der Waals surface area contributed by atoms with Crippen LogP contribution in [0.25, 0.3) is 0 Å². The van der Waals surface area contributed by atoms with Crippen LogP contribution in [0.2, 0.25) is 0 Å². The summed E-state index contributed by atoms with van der Waals surface area (Å²) >= 11 is 0. The molecule has 0 saturated carbocycles. The van der Waals surface area contributed by atoms with Gasteiger partial charge in [-0.3, -0.25) is 9.69 Å². The number of nitrogens with zero attached hydrogens (tertiary/aromatic N) is 1. The Labute approximate surface area is 95.1 Å². The lowest BCUT2D eigenvalue weighted by molar-refractivity contribution is -0.148. The molecule has 88 valence electrons. The molecule has 0 unspecified atom stereocenters. The molecule has 4 heteroatoms. The Morgan fingerprint density at radius 1 is 1.31 bits per heavy atom. The van der Waals surface area contributed by atoms with Gasteiger partial charge in [0.1, 0.15) is 11.3 Å². The Hall–Kier alpha value is -1.55. The molecule has 0 amide bonds. The van der Waals surface area contributed by atoms with Crippen LogP contribution in [0.3, 0.4) is 0 Å². The Kier molecular flexibility index (Phi) is 3.55. The highest BCUT2D eigenvalue weighted by atomic mass is 16.4. The number of rotatable bonds is 4. The molecule has 0 spiro atoms. The molecule has 0 aliphatic rings. The molecule has 1 rings (SSSR count). The number of phenols is 1. The monoisotopic (exact) mass is 223 g/mol. The highest BCUT2D eigenvalue weighted by molar-refractivity contribution is 5.77. The van der Waals surface area contributed by atoms with Crippen molar-refractivity contribution in [1.82, 2.24) is 4.90 Å². The molecule has 0 aliphatic carbocycles. The molecule has 0 heterocycles. The van der Waals surface area contributed by atoms with Gasteiger partial charge in [-0.2, -0.15) is 0 Å². The van der Waals surface area contributed by atoms with Crippen LogP contribution in [-0.4, -0.2) is 33.7 Å². The average Bonchev–Trinajstić information content (AvgIpc) is 2.21. The number of likely N-dealkylation sites (N-methyl/N-ethyl adjacent to an activating group) is 1. The smallest absolute Gasteiger partial charge is 0.323 e. The van der Waals surface area contributed by atoms with Crippen LogP contribution in [0.15, 0.2) is 24.3 Å². The maximum absolute atomic E-state index is 11.0. The molecule has 2 N–H and O–H groups in total. The molecule has 1 aromatic carbocycles. The van der Waals surface area contributed by atoms with Crippen molar-refractivity contribution in [3.8, 4) is 5.75 Å². The minimum atomic E-state index is -0.905. The minimum absolute atomic E-state index is 0.212. The third kappa shape index (κ3) is 2.73. The van der Waals surface area contributed by atoms with E-state index in [4.69, 9.17) is 10.2 Å². The second-order valence-electron chi connectivity index (χ2n) is 4.39. The lowest BCUT2D eigenvalue weighted by atomic mass is 10.0. The highest BCUT2D eigenvalue weighted by Crippen LogP contribution is 2.17. The molecule has 1 aromatic rings. The van der Waals surface area contributed by atoms with Crippen molar-refractivity contribution in [3.63, 3.8) is 0 Å². The molecular weight excluding hydrogens is 206 g/mol. The molecule has 0 radical (unpaired) electrons. The van der Waals surface area contributed by atoms with Gasteiger partial charge in [-0.25, -0.2) is 0 Å². The number of benzene rings is 1. The summed E-state index contributed by atoms with van der Waals surface area (Å²) in [5.41, 5.74) is 0.0624. The zero-order chi connectivity index (χ0) is 12.3. The molecule has 0 bridgehead atoms. The average molecular weight is 223 g/mol. The van der Waals surface area contributed by atoms with Gasteiger partial charge in [-0.05, 0) is 38.6 Å². The third-order valence-corrected chi connectivity index (χ3v) is 2.83. The van der Waals surface area contributed by atoms with E-state index in [-0.39, 0.29) is 5.75 Å². The van der Waals surface area contributed by atoms with Crippen molar-refractivity contribution in [2.24, 2.45) is 0 Å². The molecule has 16 heavy (non-hydrogen) atoms. The van der Waals surface area contributed by atoms with E-state index in [9.17, 15) is 4.79 Å². The predicted molar refractivity (Wildman–Crippen MR) is 61.3 cm³/mol. The number of carboxylic acid groups (broad SMARTS) is 1. The fraction of sp³-hybridized carbons (Fsp3) is 0.417. The fourth-order valence-electron chi connectivity index (χ4n) is 1.24. The van der Waals surface area contributed by atoms with Crippen molar-refractivity contribution in [3.05, 3.63) is 29.8 Å². The van der Waals surface area contributed by atoms with E-state index in [1.807, 2.05) is 0 Å². The second-order valence-corrected chi connectivity index (χ2v) is 4.39. The number of aliphatic carboxylic acids is 1. The van der Waals surface area contributed by atoms with E-state index in [0.717, 1.165) is 5.56 Å². The van der Waals surface area contributed by atoms with Crippen LogP contribution in [0.4, 0.5) is 0 Å². The zero-order valence-corrected chi connectivity index (χ0v) is 9.77. The van der Waals surface area contributed by atoms with E-state index in [0.29, 0.717) is 6.54 Å². The Balaban J connectivity index is 2.75. The number of carboxylic acids is 1. The van der Waals surface area contributed by atoms with Gasteiger partial charge in [0, 0.05) is 6.54 Å². The summed E-state index contributed by atoms with van der Waals surface area (Å²) in [6.45, 7) is 3.85. The van der Waals surface area contributed by atoms with Crippen molar-refractivity contribution < 1.29 is 15.0 Å². The predicted octanol–water partition coefficient (Wildman–Crippen LogP) is 1.69. The second kappa shape index (κ2) is 4.53. The summed E-state index contributed by atoms with van der Waals surface area (Å²) in [6.07, 6.45) is 0. The highest BCUT2D eigenvalue weighted by Gasteiger charge is 2.31. The van der Waals surface area contributed by atoms with E-state index in [2.05, 4.69) is 0 Å². The molecule has 0 saturated heterocycles. The van der Waals surface area contributed by atoms with Crippen LogP contribution in [0.1, 0.15) is 19.4 Å². The molecular formula is C12H17NO3. The summed E-state index contributed by atoms with van der Waals surface area (Å²) in [6, 6.07) is 6.75. The summed E-state index contributed by atoms with van der Waals surface area (Å²) < 4.78 is 0. The quantitative estimate of drug-likeness (QED) is 0.815. The van der Waals surface area contributed by atoms with Gasteiger partial charge in [-0.1, -0.05) is 12.1 Å². The molecule has 0 aromatic heterocycles. The maximum atomic E-state index is 11.0. The maximum Gasteiger partial charge on any atom is 0.323 e. The lowest BCUT2D eigenvalue weighted by Crippen LogP contribution is -2.47. The Morgan fingerprint density at radius 3 is 2.25 bits per heavy atom. The summed E-state index contributed by atoms with van der Waals surface area (Å²) in [4.78, 5) is 12.8. The first-order valence-electron chi connectivity index (χ1n) is 5.06. The van der Waals surface area contributed by atoms with Crippen molar-refractivity contribution in [2.75, 3.05) is 7.05 Å². The number of phenolic OH excluding ortho intramolecular Hbond substituents is 1. The standard InChI is InChI=1S/C12H17NO3/c1-12(2,11(15)16)13(3)8-9-4-6-10(14)7-5-9/h4-7,14H,8H2,1-3H3,(H,15,16). The molecule has 4 nitrogen and oxygen atoms in total. The van der Waals surface area contributed by atoms with Gasteiger partial charge >= 0.3 is 5.97 Å². The summed E-state index contributed by atoms with van der Waals surface area (Å²) in [5.74, 6) is -0.641. The Bertz CT molecular complexity index is 370. The largest absolute Gasteiger partial charge is 0.508 e. The van der Waals surface area contributed by atoms with E-state index >= 15 is 0 Å². The van der Waals surface area contributed by atoms with E-state index < -0.39 is 11.5 Å². The zero-order valence-electron chi connectivity index (χ0n) is 9.77. The minimum Gasteiger partial charge on any atom is -0.508 e. The van der Waals surface area contributed by atoms with E-state index in [1.54, 1.807) is 50.1 Å². The SMILES string of the molecule is CN(Cc1ccc(O)cc1)C(C)(C)C(=O)O. The van der Waals surface area contributed by atoms with E-state index in [1.165, 1.54) is 0 Å². The fourth-order valence-corrected chi connectivity index (χ4v) is 1.24. The molecule has 0 atom stereocenters. The number of hydrogen-bond acceptors (Lipinski definition) is 3. The molecule has 0 fully saturated rings. The van der Waals surface area contributed by atoms with Gasteiger partial charge in [0.05, 0.1) is 0 Å². The summed E-state index contributed by atoms with van der Waals surface area (Å²) in [7, 11) is 1.76. The first-order valence-corrected chi connectivity index (χ1v) is 5.06. The van der Waals surface area contributed by atoms with Crippen molar-refractivity contribution in [2.45, 2.75) is 25.9 Å². The van der Waals surface area contributed by atoms with Crippen molar-refractivity contribution >= 4 is 5.97 Å². The van der Waals surface area contributed by atoms with Crippen LogP contribution >= 0.6 is 0 Å². The van der Waals surface area contributed by atoms with Gasteiger partial charge in [0.2, 0.25) is 0 Å². The topological polar surface area (TPSA) is 60.8 Å². The number of hydrogen-bond donors (Lipinski definition) is 2. The van der Waals surface area contributed by atoms with Gasteiger partial charge in [0.15, 0.2) is 0 Å². The lowest BCUT2D eigenvalue weighted by Gasteiger charge is -2.31. The van der Waals surface area contributed by atoms with Crippen LogP contribution in [0.5, 0.6) is 5.75 Å². The number of carbonyl (C=O) groups is 1. The normalized spacial score (nSPS) is 11.8. The van der Waals surface area contributed by atoms with Gasteiger partial charge in [0.25, 0.3) is 0 Å². The van der Waals surface area contributed by atoms with Gasteiger partial charge < -0.3 is 10.2 Å². The summed E-state index contributed by atoms with van der Waals surface area (Å²) in [5, 5.41) is 18.2. The number of aromatic hydroxyl groups is 1. The van der Waals surface area contributed by atoms with Crippen molar-refractivity contribution in [1.29, 1.82) is 0 Å². The van der Waals surface area contributed by atoms with Gasteiger partial charge in [-0.15, -0.1) is 0 Å². The van der Waals surface area contributed by atoms with Crippen LogP contribution in [0, 0.1) is 0 Å². The molecule has 0 aliphatic heterocycles. The first kappa shape index (κ1) is 12.5. The van der Waals surface area contributed by atoms with Crippen LogP contribution < -0.4 is 0 Å².